The lowest BCUT2D eigenvalue weighted by molar-refractivity contribution is 0.291. The second-order valence-corrected chi connectivity index (χ2v) is 9.78. The molecule has 150 valence electrons. The van der Waals surface area contributed by atoms with E-state index in [-0.39, 0.29) is 40.5 Å². The summed E-state index contributed by atoms with van der Waals surface area (Å²) >= 11 is 0. The van der Waals surface area contributed by atoms with Crippen molar-refractivity contribution < 1.29 is 21.6 Å². The minimum absolute atomic E-state index is 0. The van der Waals surface area contributed by atoms with Crippen LogP contribution in [0, 0.1) is 0 Å². The maximum atomic E-state index is 13.0. The van der Waals surface area contributed by atoms with Crippen molar-refractivity contribution in [3.8, 4) is 5.75 Å². The summed E-state index contributed by atoms with van der Waals surface area (Å²) in [6.45, 7) is 2.37. The smallest absolute Gasteiger partial charge is 0.246 e. The first-order chi connectivity index (χ1) is 11.7. The number of likely N-dealkylation sites (N-methyl/N-ethyl adjacent to an activating group) is 1. The van der Waals surface area contributed by atoms with E-state index in [2.05, 4.69) is 10.0 Å². The fourth-order valence-electron chi connectivity index (χ4n) is 2.73. The third-order valence-electron chi connectivity index (χ3n) is 4.23. The molecule has 2 N–H and O–H groups in total. The second kappa shape index (κ2) is 9.23. The number of anilines is 1. The molecule has 1 aromatic rings. The highest BCUT2D eigenvalue weighted by molar-refractivity contribution is 7.92. The molecular formula is C15H26ClN3O5S2. The molecule has 1 atom stereocenters. The van der Waals surface area contributed by atoms with Gasteiger partial charge in [0.05, 0.1) is 18.6 Å². The van der Waals surface area contributed by atoms with Crippen LogP contribution in [0.1, 0.15) is 19.8 Å². The first kappa shape index (κ1) is 23.0. The fourth-order valence-corrected chi connectivity index (χ4v) is 5.02. The molecule has 0 radical (unpaired) electrons. The number of hydrogen-bond acceptors (Lipinski definition) is 6. The topological polar surface area (TPSA) is 105 Å². The Morgan fingerprint density at radius 2 is 1.96 bits per heavy atom. The van der Waals surface area contributed by atoms with E-state index in [4.69, 9.17) is 4.74 Å². The predicted molar refractivity (Wildman–Crippen MR) is 104 cm³/mol. The number of ether oxygens (including phenoxy) is 1. The van der Waals surface area contributed by atoms with E-state index in [9.17, 15) is 16.8 Å². The second-order valence-electron chi connectivity index (χ2n) is 5.86. The van der Waals surface area contributed by atoms with Crippen molar-refractivity contribution in [2.24, 2.45) is 0 Å². The molecule has 1 aliphatic heterocycles. The van der Waals surface area contributed by atoms with Gasteiger partial charge in [0.15, 0.2) is 0 Å². The molecule has 1 saturated heterocycles. The maximum absolute atomic E-state index is 13.0. The first-order valence-corrected chi connectivity index (χ1v) is 11.2. The van der Waals surface area contributed by atoms with E-state index >= 15 is 0 Å². The summed E-state index contributed by atoms with van der Waals surface area (Å²) < 4.78 is 58.3. The normalized spacial score (nSPS) is 18.8. The summed E-state index contributed by atoms with van der Waals surface area (Å²) in [7, 11) is -4.00. The lowest BCUT2D eigenvalue weighted by Crippen LogP contribution is -2.46. The average Bonchev–Trinajstić information content (AvgIpc) is 2.61. The lowest BCUT2D eigenvalue weighted by Gasteiger charge is -2.32. The number of nitrogens with zero attached hydrogens (tertiary/aromatic N) is 1. The molecule has 1 aliphatic rings. The van der Waals surface area contributed by atoms with Crippen LogP contribution < -0.4 is 14.8 Å². The molecule has 0 aliphatic carbocycles. The van der Waals surface area contributed by atoms with Crippen molar-refractivity contribution in [3.63, 3.8) is 0 Å². The van der Waals surface area contributed by atoms with Gasteiger partial charge in [0.25, 0.3) is 0 Å². The molecule has 1 heterocycles. The van der Waals surface area contributed by atoms with Crippen LogP contribution in [0.5, 0.6) is 5.75 Å². The lowest BCUT2D eigenvalue weighted by atomic mass is 10.1. The minimum atomic E-state index is -3.72. The molecule has 0 bridgehead atoms. The monoisotopic (exact) mass is 427 g/mol. The Kier molecular flexibility index (Phi) is 8.15. The number of hydrogen-bond donors (Lipinski definition) is 2. The van der Waals surface area contributed by atoms with E-state index in [0.717, 1.165) is 12.8 Å². The van der Waals surface area contributed by atoms with Crippen molar-refractivity contribution in [1.29, 1.82) is 0 Å². The highest BCUT2D eigenvalue weighted by Gasteiger charge is 2.32. The first-order valence-electron chi connectivity index (χ1n) is 8.09. The van der Waals surface area contributed by atoms with Crippen LogP contribution in [-0.4, -0.2) is 60.2 Å². The molecule has 0 amide bonds. The molecule has 26 heavy (non-hydrogen) atoms. The molecule has 1 aromatic carbocycles. The number of methoxy groups -OCH3 is 1. The number of piperidine rings is 1. The van der Waals surface area contributed by atoms with E-state index < -0.39 is 20.0 Å². The fraction of sp³-hybridized carbons (Fsp3) is 0.600. The van der Waals surface area contributed by atoms with Crippen molar-refractivity contribution in [3.05, 3.63) is 18.2 Å². The van der Waals surface area contributed by atoms with Crippen LogP contribution in [-0.2, 0) is 20.0 Å². The summed E-state index contributed by atoms with van der Waals surface area (Å²) in [5.74, 6) is 0.0389. The van der Waals surface area contributed by atoms with Gasteiger partial charge in [-0.3, -0.25) is 4.72 Å². The number of sulfonamides is 2. The third kappa shape index (κ3) is 5.23. The third-order valence-corrected chi connectivity index (χ3v) is 7.44. The zero-order valence-electron chi connectivity index (χ0n) is 15.1. The van der Waals surface area contributed by atoms with Gasteiger partial charge < -0.3 is 10.1 Å². The Balaban J connectivity index is 0.00000338. The standard InChI is InChI=1S/C15H25N3O5S2.ClH/c1-4-24(19,20)17-12-7-8-15(14(10-12)23-3)25(21,22)18-9-5-6-13(11-18)16-2;/h7-8,10,13,16-17H,4-6,9,11H2,1-3H3;1H. The average molecular weight is 428 g/mol. The Morgan fingerprint density at radius 1 is 1.27 bits per heavy atom. The van der Waals surface area contributed by atoms with E-state index in [0.29, 0.717) is 13.1 Å². The van der Waals surface area contributed by atoms with Gasteiger partial charge in [0.1, 0.15) is 10.6 Å². The quantitative estimate of drug-likeness (QED) is 0.678. The summed E-state index contributed by atoms with van der Waals surface area (Å²) in [5, 5.41) is 3.11. The molecule has 0 spiro atoms. The van der Waals surface area contributed by atoms with Crippen molar-refractivity contribution in [2.45, 2.75) is 30.7 Å². The van der Waals surface area contributed by atoms with Gasteiger partial charge in [-0.05, 0) is 38.9 Å². The van der Waals surface area contributed by atoms with Crippen LogP contribution in [0.25, 0.3) is 0 Å². The van der Waals surface area contributed by atoms with Crippen LogP contribution >= 0.6 is 12.4 Å². The van der Waals surface area contributed by atoms with E-state index in [1.54, 1.807) is 0 Å². The van der Waals surface area contributed by atoms with Crippen LogP contribution in [0.15, 0.2) is 23.1 Å². The Hall–Kier alpha value is -1.07. The molecule has 2 rings (SSSR count). The maximum Gasteiger partial charge on any atom is 0.246 e. The minimum Gasteiger partial charge on any atom is -0.495 e. The Labute approximate surface area is 161 Å². The molecule has 0 aromatic heterocycles. The number of halogens is 1. The van der Waals surface area contributed by atoms with E-state index in [1.165, 1.54) is 36.5 Å². The Morgan fingerprint density at radius 3 is 2.54 bits per heavy atom. The van der Waals surface area contributed by atoms with Gasteiger partial charge in [-0.15, -0.1) is 12.4 Å². The summed E-state index contributed by atoms with van der Waals surface area (Å²) in [5.41, 5.74) is 0.268. The predicted octanol–water partition coefficient (Wildman–Crippen LogP) is 1.25. The highest BCUT2D eigenvalue weighted by Crippen LogP contribution is 2.31. The highest BCUT2D eigenvalue weighted by atomic mass is 35.5. The Bertz CT molecular complexity index is 815. The van der Waals surface area contributed by atoms with Crippen LogP contribution in [0.2, 0.25) is 0 Å². The van der Waals surface area contributed by atoms with Gasteiger partial charge in [-0.25, -0.2) is 16.8 Å². The van der Waals surface area contributed by atoms with Gasteiger partial charge >= 0.3 is 0 Å². The molecule has 8 nitrogen and oxygen atoms in total. The summed E-state index contributed by atoms with van der Waals surface area (Å²) in [6.07, 6.45) is 1.71. The van der Waals surface area contributed by atoms with Crippen molar-refractivity contribution in [1.82, 2.24) is 9.62 Å². The van der Waals surface area contributed by atoms with Crippen LogP contribution in [0.3, 0.4) is 0 Å². The number of nitrogens with one attached hydrogen (secondary N) is 2. The zero-order valence-corrected chi connectivity index (χ0v) is 17.5. The molecular weight excluding hydrogens is 402 g/mol. The van der Waals surface area contributed by atoms with Crippen LogP contribution in [0.4, 0.5) is 5.69 Å². The number of rotatable bonds is 7. The zero-order chi connectivity index (χ0) is 18.7. The summed E-state index contributed by atoms with van der Waals surface area (Å²) in [6, 6.07) is 4.32. The molecule has 1 unspecified atom stereocenters. The largest absolute Gasteiger partial charge is 0.495 e. The van der Waals surface area contributed by atoms with Gasteiger partial charge in [-0.1, -0.05) is 0 Å². The molecule has 11 heteroatoms. The van der Waals surface area contributed by atoms with Crippen molar-refractivity contribution in [2.75, 3.05) is 37.7 Å². The van der Waals surface area contributed by atoms with Gasteiger partial charge in [-0.2, -0.15) is 4.31 Å². The van der Waals surface area contributed by atoms with E-state index in [1.807, 2.05) is 7.05 Å². The number of benzene rings is 1. The SMILES string of the molecule is CCS(=O)(=O)Nc1ccc(S(=O)(=O)N2CCCC(NC)C2)c(OC)c1.Cl. The molecule has 1 fully saturated rings. The van der Waals surface area contributed by atoms with Gasteiger partial charge in [0.2, 0.25) is 20.0 Å². The molecule has 0 saturated carbocycles. The summed E-state index contributed by atoms with van der Waals surface area (Å²) in [4.78, 5) is 0.0335. The van der Waals surface area contributed by atoms with Gasteiger partial charge in [0, 0.05) is 25.2 Å². The van der Waals surface area contributed by atoms with Crippen molar-refractivity contribution >= 4 is 38.1 Å².